The minimum atomic E-state index is -1.17. The van der Waals surface area contributed by atoms with Crippen LogP contribution >= 0.6 is 0 Å². The Hall–Kier alpha value is -1.32. The average molecular weight is 185 g/mol. The van der Waals surface area contributed by atoms with Crippen LogP contribution in [0.15, 0.2) is 11.8 Å². The van der Waals surface area contributed by atoms with E-state index < -0.39 is 5.97 Å². The lowest BCUT2D eigenvalue weighted by Gasteiger charge is -2.09. The number of rotatable bonds is 4. The number of ketones is 1. The van der Waals surface area contributed by atoms with Crippen LogP contribution in [0.25, 0.3) is 0 Å². The first-order valence-electron chi connectivity index (χ1n) is 4.02. The molecule has 1 N–H and O–H groups in total. The van der Waals surface area contributed by atoms with Gasteiger partial charge in [0.25, 0.3) is 0 Å². The Kier molecular flexibility index (Phi) is 4.17. The third-order valence-corrected chi connectivity index (χ3v) is 1.41. The molecule has 0 aliphatic heterocycles. The minimum Gasteiger partial charge on any atom is -0.478 e. The fourth-order valence-corrected chi connectivity index (χ4v) is 0.793. The first-order chi connectivity index (χ1) is 5.86. The van der Waals surface area contributed by atoms with Crippen LogP contribution < -0.4 is 0 Å². The Labute approximate surface area is 77.8 Å². The number of hydrogen-bond donors (Lipinski definition) is 1. The van der Waals surface area contributed by atoms with Gasteiger partial charge in [-0.1, -0.05) is 13.8 Å². The van der Waals surface area contributed by atoms with Crippen molar-refractivity contribution in [1.29, 1.82) is 0 Å². The SMILES string of the molecule is CC(C)C(=O)/C(=C/N(C)C)C(=O)O. The number of nitrogens with zero attached hydrogens (tertiary/aromatic N) is 1. The molecule has 0 fully saturated rings. The van der Waals surface area contributed by atoms with Gasteiger partial charge in [0.2, 0.25) is 0 Å². The smallest absolute Gasteiger partial charge is 0.340 e. The van der Waals surface area contributed by atoms with Crippen molar-refractivity contribution in [1.82, 2.24) is 4.90 Å². The number of carbonyl (C=O) groups excluding carboxylic acids is 1. The summed E-state index contributed by atoms with van der Waals surface area (Å²) in [6, 6.07) is 0. The third kappa shape index (κ3) is 3.73. The number of aliphatic carboxylic acids is 1. The van der Waals surface area contributed by atoms with Gasteiger partial charge in [-0.15, -0.1) is 0 Å². The molecule has 0 aliphatic rings. The molecule has 0 aromatic heterocycles. The lowest BCUT2D eigenvalue weighted by molar-refractivity contribution is -0.135. The highest BCUT2D eigenvalue weighted by molar-refractivity contribution is 6.17. The zero-order chi connectivity index (χ0) is 10.6. The van der Waals surface area contributed by atoms with E-state index in [-0.39, 0.29) is 17.3 Å². The fraction of sp³-hybridized carbons (Fsp3) is 0.556. The van der Waals surface area contributed by atoms with E-state index in [0.29, 0.717) is 0 Å². The van der Waals surface area contributed by atoms with Gasteiger partial charge < -0.3 is 10.0 Å². The average Bonchev–Trinajstić information content (AvgIpc) is 1.97. The minimum absolute atomic E-state index is 0.167. The maximum atomic E-state index is 11.3. The maximum absolute atomic E-state index is 11.3. The Morgan fingerprint density at radius 2 is 1.77 bits per heavy atom. The number of carbonyl (C=O) groups is 2. The van der Waals surface area contributed by atoms with Crippen LogP contribution in [-0.2, 0) is 9.59 Å². The molecule has 0 spiro atoms. The maximum Gasteiger partial charge on any atom is 0.340 e. The zero-order valence-corrected chi connectivity index (χ0v) is 8.37. The Balaban J connectivity index is 4.83. The topological polar surface area (TPSA) is 57.6 Å². The molecule has 0 aliphatic carbocycles. The van der Waals surface area contributed by atoms with E-state index in [4.69, 9.17) is 5.11 Å². The van der Waals surface area contributed by atoms with Crippen molar-refractivity contribution in [3.05, 3.63) is 11.8 Å². The van der Waals surface area contributed by atoms with Crippen LogP contribution in [0, 0.1) is 5.92 Å². The van der Waals surface area contributed by atoms with Crippen LogP contribution in [0.1, 0.15) is 13.8 Å². The van der Waals surface area contributed by atoms with E-state index in [1.54, 1.807) is 32.8 Å². The molecule has 0 rings (SSSR count). The van der Waals surface area contributed by atoms with Gasteiger partial charge in [-0.2, -0.15) is 0 Å². The molecule has 0 bridgehead atoms. The summed E-state index contributed by atoms with van der Waals surface area (Å²) in [4.78, 5) is 23.6. The summed E-state index contributed by atoms with van der Waals surface area (Å²) in [5.41, 5.74) is -0.167. The van der Waals surface area contributed by atoms with Crippen LogP contribution in [0.2, 0.25) is 0 Å². The highest BCUT2D eigenvalue weighted by Crippen LogP contribution is 2.06. The van der Waals surface area contributed by atoms with Gasteiger partial charge in [-0.3, -0.25) is 4.79 Å². The molecule has 0 saturated carbocycles. The predicted molar refractivity (Wildman–Crippen MR) is 49.3 cm³/mol. The molecule has 4 heteroatoms. The van der Waals surface area contributed by atoms with Crippen molar-refractivity contribution in [2.24, 2.45) is 5.92 Å². The highest BCUT2D eigenvalue weighted by atomic mass is 16.4. The van der Waals surface area contributed by atoms with Crippen molar-refractivity contribution in [3.63, 3.8) is 0 Å². The molecule has 0 aromatic carbocycles. The van der Waals surface area contributed by atoms with Crippen LogP contribution in [0.4, 0.5) is 0 Å². The molecule has 0 atom stereocenters. The number of Topliss-reactive ketones (excluding diaryl/α,β-unsaturated/α-hetero) is 1. The first-order valence-corrected chi connectivity index (χ1v) is 4.02. The first kappa shape index (κ1) is 11.7. The van der Waals surface area contributed by atoms with Gasteiger partial charge >= 0.3 is 5.97 Å². The molecule has 0 amide bonds. The van der Waals surface area contributed by atoms with Crippen LogP contribution in [0.5, 0.6) is 0 Å². The number of carboxylic acids is 1. The van der Waals surface area contributed by atoms with E-state index in [1.807, 2.05) is 0 Å². The van der Waals surface area contributed by atoms with Crippen LogP contribution in [-0.4, -0.2) is 35.9 Å². The lowest BCUT2D eigenvalue weighted by atomic mass is 10.0. The van der Waals surface area contributed by atoms with E-state index in [0.717, 1.165) is 0 Å². The summed E-state index contributed by atoms with van der Waals surface area (Å²) in [5, 5.41) is 8.73. The number of hydrogen-bond acceptors (Lipinski definition) is 3. The van der Waals surface area contributed by atoms with Crippen molar-refractivity contribution < 1.29 is 14.7 Å². The van der Waals surface area contributed by atoms with Crippen molar-refractivity contribution in [2.45, 2.75) is 13.8 Å². The van der Waals surface area contributed by atoms with E-state index in [1.165, 1.54) is 6.20 Å². The lowest BCUT2D eigenvalue weighted by Crippen LogP contribution is -2.20. The summed E-state index contributed by atoms with van der Waals surface area (Å²) < 4.78 is 0. The molecule has 0 radical (unpaired) electrons. The Morgan fingerprint density at radius 1 is 1.31 bits per heavy atom. The molecular formula is C9H15NO3. The number of carboxylic acid groups (broad SMARTS) is 1. The molecule has 13 heavy (non-hydrogen) atoms. The normalized spacial score (nSPS) is 11.6. The molecule has 0 saturated heterocycles. The van der Waals surface area contributed by atoms with Crippen molar-refractivity contribution >= 4 is 11.8 Å². The van der Waals surface area contributed by atoms with Gasteiger partial charge in [0.1, 0.15) is 5.57 Å². The second kappa shape index (κ2) is 4.64. The Bertz CT molecular complexity index is 241. The summed E-state index contributed by atoms with van der Waals surface area (Å²) in [7, 11) is 3.35. The monoisotopic (exact) mass is 185 g/mol. The second-order valence-corrected chi connectivity index (χ2v) is 3.33. The second-order valence-electron chi connectivity index (χ2n) is 3.33. The van der Waals surface area contributed by atoms with E-state index >= 15 is 0 Å². The standard InChI is InChI=1S/C9H15NO3/c1-6(2)8(11)7(9(12)13)5-10(3)4/h5-6H,1-4H3,(H,12,13)/b7-5-. The third-order valence-electron chi connectivity index (χ3n) is 1.41. The summed E-state index contributed by atoms with van der Waals surface area (Å²) in [6.45, 7) is 3.35. The van der Waals surface area contributed by atoms with Gasteiger partial charge in [-0.25, -0.2) is 4.79 Å². The van der Waals surface area contributed by atoms with Gasteiger partial charge in [-0.05, 0) is 0 Å². The zero-order valence-electron chi connectivity index (χ0n) is 8.37. The van der Waals surface area contributed by atoms with E-state index in [2.05, 4.69) is 0 Å². The summed E-state index contributed by atoms with van der Waals surface area (Å²) >= 11 is 0. The summed E-state index contributed by atoms with van der Waals surface area (Å²) in [5.74, 6) is -1.81. The molecule has 0 aromatic rings. The Morgan fingerprint density at radius 3 is 2.00 bits per heavy atom. The quantitative estimate of drug-likeness (QED) is 0.399. The highest BCUT2D eigenvalue weighted by Gasteiger charge is 2.20. The van der Waals surface area contributed by atoms with Crippen LogP contribution in [0.3, 0.4) is 0 Å². The van der Waals surface area contributed by atoms with E-state index in [9.17, 15) is 9.59 Å². The van der Waals surface area contributed by atoms with Gasteiger partial charge in [0.05, 0.1) is 0 Å². The molecular weight excluding hydrogens is 170 g/mol. The van der Waals surface area contributed by atoms with Gasteiger partial charge in [0.15, 0.2) is 5.78 Å². The fourth-order valence-electron chi connectivity index (χ4n) is 0.793. The summed E-state index contributed by atoms with van der Waals surface area (Å²) in [6.07, 6.45) is 1.32. The van der Waals surface area contributed by atoms with Gasteiger partial charge in [0, 0.05) is 26.2 Å². The molecule has 0 heterocycles. The molecule has 4 nitrogen and oxygen atoms in total. The van der Waals surface area contributed by atoms with Crippen molar-refractivity contribution in [2.75, 3.05) is 14.1 Å². The molecule has 74 valence electrons. The predicted octanol–water partition coefficient (Wildman–Crippen LogP) is 0.742. The largest absolute Gasteiger partial charge is 0.478 e. The van der Waals surface area contributed by atoms with Crippen molar-refractivity contribution in [3.8, 4) is 0 Å². The molecule has 0 unspecified atom stereocenters.